The molecule has 0 spiro atoms. The summed E-state index contributed by atoms with van der Waals surface area (Å²) in [7, 11) is 1.68. The van der Waals surface area contributed by atoms with E-state index in [1.165, 1.54) is 17.7 Å². The molecule has 182 valence electrons. The Kier molecular flexibility index (Phi) is 9.72. The van der Waals surface area contributed by atoms with Gasteiger partial charge in [0.15, 0.2) is 0 Å². The number of nitrogens with one attached hydrogen (secondary N) is 1. The number of rotatable bonds is 9. The lowest BCUT2D eigenvalue weighted by Crippen LogP contribution is -2.05. The van der Waals surface area contributed by atoms with Crippen LogP contribution in [0.1, 0.15) is 48.4 Å². The molecule has 1 N–H and O–H groups in total. The molecule has 2 aromatic carbocycles. The van der Waals surface area contributed by atoms with E-state index in [-0.39, 0.29) is 17.6 Å². The van der Waals surface area contributed by atoms with Gasteiger partial charge in [0.1, 0.15) is 24.5 Å². The van der Waals surface area contributed by atoms with Crippen LogP contribution in [0.4, 0.5) is 10.1 Å². The summed E-state index contributed by atoms with van der Waals surface area (Å²) in [5.74, 6) is 0.998. The third-order valence-corrected chi connectivity index (χ3v) is 6.60. The maximum Gasteiger partial charge on any atom is 0.260 e. The highest BCUT2D eigenvalue weighted by molar-refractivity contribution is 7.98. The fourth-order valence-electron chi connectivity index (χ4n) is 4.06. The first kappa shape index (κ1) is 26.0. The summed E-state index contributed by atoms with van der Waals surface area (Å²) in [6.07, 6.45) is 6.83. The van der Waals surface area contributed by atoms with E-state index in [9.17, 15) is 14.0 Å². The van der Waals surface area contributed by atoms with Gasteiger partial charge >= 0.3 is 0 Å². The van der Waals surface area contributed by atoms with Crippen LogP contribution < -0.4 is 5.32 Å². The molecule has 2 aromatic rings. The van der Waals surface area contributed by atoms with Crippen molar-refractivity contribution in [3.05, 3.63) is 64.5 Å². The molecule has 2 heterocycles. The number of hydrogen-bond donors (Lipinski definition) is 1. The van der Waals surface area contributed by atoms with Crippen LogP contribution in [0.3, 0.4) is 0 Å². The molecule has 1 amide bonds. The van der Waals surface area contributed by atoms with E-state index in [1.807, 2.05) is 19.1 Å². The zero-order valence-corrected chi connectivity index (χ0v) is 20.8. The summed E-state index contributed by atoms with van der Waals surface area (Å²) < 4.78 is 24.2. The number of fused-ring (bicyclic) bond motifs is 2. The van der Waals surface area contributed by atoms with Crippen molar-refractivity contribution in [2.45, 2.75) is 39.2 Å². The number of thioether (sulfide) groups is 1. The van der Waals surface area contributed by atoms with Crippen molar-refractivity contribution in [2.75, 3.05) is 31.0 Å². The van der Waals surface area contributed by atoms with Crippen LogP contribution in [0.2, 0.25) is 0 Å². The van der Waals surface area contributed by atoms with Crippen molar-refractivity contribution in [1.82, 2.24) is 0 Å². The Bertz CT molecular complexity index is 1050. The van der Waals surface area contributed by atoms with Gasteiger partial charge in [0.25, 0.3) is 5.91 Å². The highest BCUT2D eigenvalue weighted by Crippen LogP contribution is 2.42. The number of carbonyl (C=O) groups is 2. The van der Waals surface area contributed by atoms with Gasteiger partial charge in [-0.05, 0) is 68.4 Å². The zero-order valence-electron chi connectivity index (χ0n) is 20.0. The molecule has 4 rings (SSSR count). The maximum atomic E-state index is 13.7. The first-order chi connectivity index (χ1) is 16.5. The molecule has 0 saturated heterocycles. The monoisotopic (exact) mass is 485 g/mol. The average molecular weight is 486 g/mol. The lowest BCUT2D eigenvalue weighted by atomic mass is 9.95. The van der Waals surface area contributed by atoms with E-state index in [4.69, 9.17) is 4.74 Å². The van der Waals surface area contributed by atoms with Crippen LogP contribution in [0.15, 0.2) is 36.4 Å². The predicted molar refractivity (Wildman–Crippen MR) is 136 cm³/mol. The smallest absolute Gasteiger partial charge is 0.260 e. The topological polar surface area (TPSA) is 64.6 Å². The quantitative estimate of drug-likeness (QED) is 0.364. The molecule has 0 aromatic heterocycles. The zero-order chi connectivity index (χ0) is 24.5. The van der Waals surface area contributed by atoms with Gasteiger partial charge in [0, 0.05) is 42.0 Å². The Morgan fingerprint density at radius 3 is 2.71 bits per heavy atom. The van der Waals surface area contributed by atoms with Gasteiger partial charge in [-0.15, -0.1) is 0 Å². The minimum Gasteiger partial charge on any atom is -0.487 e. The fraction of sp³-hybridized carbons (Fsp3) is 0.407. The maximum absolute atomic E-state index is 13.7. The molecule has 2 aliphatic heterocycles. The molecule has 1 unspecified atom stereocenters. The van der Waals surface area contributed by atoms with Crippen molar-refractivity contribution in [3.63, 3.8) is 0 Å². The molecule has 2 aliphatic rings. The third-order valence-electron chi connectivity index (χ3n) is 5.95. The molecule has 7 heteroatoms. The second-order valence-corrected chi connectivity index (χ2v) is 9.26. The van der Waals surface area contributed by atoms with Crippen molar-refractivity contribution >= 4 is 41.0 Å². The van der Waals surface area contributed by atoms with Gasteiger partial charge in [0.05, 0.1) is 5.57 Å². The Balaban J connectivity index is 0.000000751. The number of aldehydes is 1. The minimum atomic E-state index is -0.386. The van der Waals surface area contributed by atoms with E-state index >= 15 is 0 Å². The lowest BCUT2D eigenvalue weighted by molar-refractivity contribution is -0.111. The van der Waals surface area contributed by atoms with Gasteiger partial charge in [-0.3, -0.25) is 4.79 Å². The van der Waals surface area contributed by atoms with E-state index in [2.05, 4.69) is 22.4 Å². The van der Waals surface area contributed by atoms with E-state index in [0.29, 0.717) is 29.2 Å². The van der Waals surface area contributed by atoms with Crippen LogP contribution in [0, 0.1) is 11.7 Å². The Morgan fingerprint density at radius 1 is 1.21 bits per heavy atom. The number of hydrogen-bond acceptors (Lipinski definition) is 5. The van der Waals surface area contributed by atoms with Gasteiger partial charge in [-0.2, -0.15) is 11.8 Å². The summed E-state index contributed by atoms with van der Waals surface area (Å²) in [6.45, 7) is 3.17. The summed E-state index contributed by atoms with van der Waals surface area (Å²) in [6, 6.07) is 10.4. The molecule has 0 radical (unpaired) electrons. The van der Waals surface area contributed by atoms with Gasteiger partial charge in [0.2, 0.25) is 0 Å². The van der Waals surface area contributed by atoms with Gasteiger partial charge in [-0.25, -0.2) is 4.39 Å². The summed E-state index contributed by atoms with van der Waals surface area (Å²) >= 11 is 1.77. The predicted octanol–water partition coefficient (Wildman–Crippen LogP) is 5.72. The summed E-state index contributed by atoms with van der Waals surface area (Å²) in [5, 5.41) is 2.78. The Morgan fingerprint density at radius 2 is 2.00 bits per heavy atom. The molecule has 5 nitrogen and oxygen atoms in total. The number of halogens is 1. The van der Waals surface area contributed by atoms with Crippen molar-refractivity contribution in [3.8, 4) is 0 Å². The molecule has 34 heavy (non-hydrogen) atoms. The Hall–Kier alpha value is -2.64. The summed E-state index contributed by atoms with van der Waals surface area (Å²) in [4.78, 5) is 23.7. The molecule has 0 saturated carbocycles. The van der Waals surface area contributed by atoms with Crippen molar-refractivity contribution in [1.29, 1.82) is 0 Å². The van der Waals surface area contributed by atoms with E-state index < -0.39 is 0 Å². The molecule has 0 bridgehead atoms. The summed E-state index contributed by atoms with van der Waals surface area (Å²) in [5.41, 5.74) is 4.63. The van der Waals surface area contributed by atoms with Gasteiger partial charge < -0.3 is 19.6 Å². The van der Waals surface area contributed by atoms with Crippen LogP contribution in [-0.4, -0.2) is 37.9 Å². The first-order valence-corrected chi connectivity index (χ1v) is 12.9. The van der Waals surface area contributed by atoms with E-state index in [0.717, 1.165) is 55.5 Å². The number of ether oxygens (including phenoxy) is 2. The van der Waals surface area contributed by atoms with E-state index in [1.54, 1.807) is 24.9 Å². The molecular weight excluding hydrogens is 453 g/mol. The number of anilines is 1. The molecular formula is C27H32FNO4S. The second-order valence-electron chi connectivity index (χ2n) is 8.28. The van der Waals surface area contributed by atoms with Crippen molar-refractivity contribution < 1.29 is 23.5 Å². The number of methoxy groups -OCH3 is 1. The number of aryl methyl sites for hydroxylation is 1. The number of benzene rings is 2. The normalized spacial score (nSPS) is 16.6. The number of amides is 1. The Labute approximate surface area is 205 Å². The standard InChI is InChI=1S/C24H24FNO3S.C3H8O/c1-30-10-9-16(13-27)4-2-3-15-5-7-19-17(11-15)14-29-23(19)22-20-12-18(25)6-8-21(20)26-24(22)28;1-3-4-2/h5-8,11-13,16H,2-4,9-10,14H2,1H3,(H,26,28);3H2,1-2H3/b23-22+;. The highest BCUT2D eigenvalue weighted by Gasteiger charge is 2.32. The second kappa shape index (κ2) is 12.7. The first-order valence-electron chi connectivity index (χ1n) is 11.6. The van der Waals surface area contributed by atoms with Gasteiger partial charge in [-0.1, -0.05) is 18.2 Å². The highest BCUT2D eigenvalue weighted by atomic mass is 32.2. The molecule has 0 fully saturated rings. The molecule has 0 aliphatic carbocycles. The largest absolute Gasteiger partial charge is 0.487 e. The SMILES string of the molecule is CCOC.CSCCC(C=O)CCCc1ccc2c(c1)CO/C2=C1/C(=O)Nc2ccc(F)cc21. The fourth-order valence-corrected chi connectivity index (χ4v) is 4.60. The minimum absolute atomic E-state index is 0.132. The third kappa shape index (κ3) is 6.27. The van der Waals surface area contributed by atoms with Crippen molar-refractivity contribution in [2.24, 2.45) is 5.92 Å². The molecule has 1 atom stereocenters. The van der Waals surface area contributed by atoms with Crippen LogP contribution in [0.25, 0.3) is 11.3 Å². The van der Waals surface area contributed by atoms with Crippen LogP contribution in [-0.2, 0) is 32.1 Å². The lowest BCUT2D eigenvalue weighted by Gasteiger charge is -2.09. The average Bonchev–Trinajstić information content (AvgIpc) is 3.40. The van der Waals surface area contributed by atoms with Crippen LogP contribution in [0.5, 0.6) is 0 Å². The van der Waals surface area contributed by atoms with Crippen LogP contribution >= 0.6 is 11.8 Å². The number of carbonyl (C=O) groups excluding carboxylic acids is 2.